The number of rotatable bonds is 23. The Labute approximate surface area is 213 Å². The molecule has 3 N–H and O–H groups in total. The van der Waals surface area contributed by atoms with Crippen LogP contribution in [0.3, 0.4) is 0 Å². The smallest absolute Gasteiger partial charge is 0.316 e. The minimum Gasteiger partial charge on any atom is -0.392 e. The van der Waals surface area contributed by atoms with Gasteiger partial charge in [-0.25, -0.2) is 0 Å². The van der Waals surface area contributed by atoms with Crippen LogP contribution in [0.1, 0.15) is 110 Å². The van der Waals surface area contributed by atoms with Gasteiger partial charge in [0.2, 0.25) is 5.78 Å². The lowest BCUT2D eigenvalue weighted by atomic mass is 10.0. The maximum absolute atomic E-state index is 12.9. The number of ketones is 1. The number of aliphatic hydroxyl groups excluding tert-OH is 2. The Bertz CT molecular complexity index is 711. The summed E-state index contributed by atoms with van der Waals surface area (Å²) in [6.45, 7) is 3.47. The molecule has 8 nitrogen and oxygen atoms in total. The van der Waals surface area contributed by atoms with Gasteiger partial charge >= 0.3 is 5.84 Å². The highest BCUT2D eigenvalue weighted by Crippen LogP contribution is 2.14. The number of β-amino-alcohol motifs (C(OH)–C–C–N with tert-alkyl or cyclic N) is 2. The first-order chi connectivity index (χ1) is 16.8. The van der Waals surface area contributed by atoms with Crippen LogP contribution in [0.4, 0.5) is 0 Å². The summed E-state index contributed by atoms with van der Waals surface area (Å²) in [6.07, 6.45) is 18.1. The van der Waals surface area contributed by atoms with Crippen LogP contribution < -0.4 is 0 Å². The van der Waals surface area contributed by atoms with Crippen molar-refractivity contribution in [3.63, 3.8) is 0 Å². The van der Waals surface area contributed by atoms with Crippen molar-refractivity contribution in [3.8, 4) is 0 Å². The molecule has 206 valence electrons. The standard InChI is InChI=1S/C26H50N2O6S/c1-2-3-4-5-6-7-8-9-10-11-12-13-14-15-16-17-25(31)26-27(20-21-29)18-19-28(26)22-24(30)23-35(32,33)34/h24,29-30H,2-23H2,1H3/p+1. The van der Waals surface area contributed by atoms with Crippen LogP contribution in [-0.2, 0) is 14.9 Å². The molecule has 0 bridgehead atoms. The molecule has 0 saturated heterocycles. The highest BCUT2D eigenvalue weighted by Gasteiger charge is 2.36. The number of amidine groups is 1. The molecule has 1 atom stereocenters. The number of nitrogens with zero attached hydrogens (tertiary/aromatic N) is 2. The van der Waals surface area contributed by atoms with E-state index in [0.717, 1.165) is 19.3 Å². The van der Waals surface area contributed by atoms with Crippen molar-refractivity contribution >= 4 is 21.7 Å². The Morgan fingerprint density at radius 1 is 0.914 bits per heavy atom. The van der Waals surface area contributed by atoms with E-state index >= 15 is 0 Å². The highest BCUT2D eigenvalue weighted by molar-refractivity contribution is 7.85. The zero-order chi connectivity index (χ0) is 25.9. The molecule has 0 amide bonds. The van der Waals surface area contributed by atoms with Crippen molar-refractivity contribution in [2.24, 2.45) is 0 Å². The van der Waals surface area contributed by atoms with Gasteiger partial charge in [-0.2, -0.15) is 8.42 Å². The number of aliphatic hydroxyl groups is 2. The molecule has 0 aromatic rings. The fraction of sp³-hybridized carbons (Fsp3) is 0.923. The normalized spacial score (nSPS) is 15.3. The van der Waals surface area contributed by atoms with Crippen LogP contribution in [0.2, 0.25) is 0 Å². The topological polar surface area (TPSA) is 118 Å². The Balaban J connectivity index is 2.22. The minimum absolute atomic E-state index is 0.0373. The molecule has 0 aromatic carbocycles. The lowest BCUT2D eigenvalue weighted by Gasteiger charge is -2.13. The average molecular weight is 520 g/mol. The van der Waals surface area contributed by atoms with Gasteiger partial charge in [0.1, 0.15) is 38.0 Å². The van der Waals surface area contributed by atoms with Crippen molar-refractivity contribution in [1.82, 2.24) is 4.90 Å². The van der Waals surface area contributed by atoms with E-state index in [1.165, 1.54) is 77.0 Å². The summed E-state index contributed by atoms with van der Waals surface area (Å²) in [4.78, 5) is 14.7. The molecule has 0 spiro atoms. The summed E-state index contributed by atoms with van der Waals surface area (Å²) in [5.74, 6) is -0.354. The molecule has 0 radical (unpaired) electrons. The first-order valence-corrected chi connectivity index (χ1v) is 15.5. The van der Waals surface area contributed by atoms with E-state index in [1.54, 1.807) is 9.48 Å². The van der Waals surface area contributed by atoms with E-state index < -0.39 is 22.0 Å². The summed E-state index contributed by atoms with van der Waals surface area (Å²) in [5.41, 5.74) is 0. The Hall–Kier alpha value is -1.03. The Morgan fingerprint density at radius 2 is 1.40 bits per heavy atom. The Morgan fingerprint density at radius 3 is 1.86 bits per heavy atom. The quantitative estimate of drug-likeness (QED) is 0.107. The van der Waals surface area contributed by atoms with E-state index in [-0.39, 0.29) is 18.9 Å². The molecule has 1 aliphatic rings. The van der Waals surface area contributed by atoms with E-state index in [2.05, 4.69) is 6.92 Å². The van der Waals surface area contributed by atoms with Crippen LogP contribution in [0.25, 0.3) is 0 Å². The average Bonchev–Trinajstić information content (AvgIpc) is 3.17. The van der Waals surface area contributed by atoms with Crippen molar-refractivity contribution < 1.29 is 32.6 Å². The largest absolute Gasteiger partial charge is 0.392 e. The summed E-state index contributed by atoms with van der Waals surface area (Å²) < 4.78 is 32.7. The third-order valence-corrected chi connectivity index (χ3v) is 7.51. The maximum atomic E-state index is 12.9. The predicted octanol–water partition coefficient (Wildman–Crippen LogP) is 3.78. The van der Waals surface area contributed by atoms with Gasteiger partial charge in [0.25, 0.3) is 10.1 Å². The van der Waals surface area contributed by atoms with E-state index in [0.29, 0.717) is 31.9 Å². The fourth-order valence-corrected chi connectivity index (χ4v) is 5.43. The van der Waals surface area contributed by atoms with E-state index in [9.17, 15) is 23.4 Å². The third kappa shape index (κ3) is 15.6. The van der Waals surface area contributed by atoms with Crippen molar-refractivity contribution in [1.29, 1.82) is 0 Å². The number of Topliss-reactive ketones (excluding diaryl/α,β-unsaturated/α-hetero) is 1. The molecule has 0 fully saturated rings. The summed E-state index contributed by atoms with van der Waals surface area (Å²) in [6, 6.07) is 0. The van der Waals surface area contributed by atoms with E-state index in [1.807, 2.05) is 0 Å². The van der Waals surface area contributed by atoms with Crippen LogP contribution in [0.5, 0.6) is 0 Å². The Kier molecular flexibility index (Phi) is 17.5. The summed E-state index contributed by atoms with van der Waals surface area (Å²) >= 11 is 0. The monoisotopic (exact) mass is 519 g/mol. The molecule has 9 heteroatoms. The van der Waals surface area contributed by atoms with Gasteiger partial charge in [0.15, 0.2) is 0 Å². The number of unbranched alkanes of at least 4 members (excludes halogenated alkanes) is 14. The number of hydrogen-bond donors (Lipinski definition) is 3. The first-order valence-electron chi connectivity index (χ1n) is 13.9. The van der Waals surface area contributed by atoms with Crippen LogP contribution in [0.15, 0.2) is 0 Å². The van der Waals surface area contributed by atoms with Gasteiger partial charge in [-0.15, -0.1) is 0 Å². The number of hydrogen-bond acceptors (Lipinski definition) is 6. The van der Waals surface area contributed by atoms with Gasteiger partial charge in [0.05, 0.1) is 6.61 Å². The van der Waals surface area contributed by atoms with Crippen molar-refractivity contribution in [3.05, 3.63) is 0 Å². The molecular weight excluding hydrogens is 468 g/mol. The lowest BCUT2D eigenvalue weighted by Crippen LogP contribution is -2.40. The SMILES string of the molecule is CCCCCCCCCCCCCCCCCC(=O)C1=[N+](CC(O)CS(=O)(=O)O)CCN1CCO. The zero-order valence-electron chi connectivity index (χ0n) is 22.0. The zero-order valence-corrected chi connectivity index (χ0v) is 22.8. The summed E-state index contributed by atoms with van der Waals surface area (Å²) in [5, 5.41) is 19.3. The molecule has 1 unspecified atom stereocenters. The second-order valence-corrected chi connectivity index (χ2v) is 11.5. The molecule has 1 heterocycles. The van der Waals surface area contributed by atoms with Crippen molar-refractivity contribution in [2.45, 2.75) is 116 Å². The second-order valence-electron chi connectivity index (χ2n) is 10.0. The second kappa shape index (κ2) is 19.1. The fourth-order valence-electron chi connectivity index (χ4n) is 4.84. The third-order valence-electron chi connectivity index (χ3n) is 6.70. The van der Waals surface area contributed by atoms with Crippen LogP contribution in [-0.4, -0.2) is 88.9 Å². The molecule has 35 heavy (non-hydrogen) atoms. The number of carbonyl (C=O) groups is 1. The van der Waals surface area contributed by atoms with Gasteiger partial charge in [-0.05, 0) is 6.42 Å². The van der Waals surface area contributed by atoms with Gasteiger partial charge in [-0.3, -0.25) is 18.8 Å². The molecule has 1 rings (SSSR count). The first kappa shape index (κ1) is 32.0. The molecule has 0 saturated carbocycles. The molecule has 0 aromatic heterocycles. The van der Waals surface area contributed by atoms with Crippen molar-refractivity contribution in [2.75, 3.05) is 38.5 Å². The molecule has 0 aliphatic carbocycles. The highest BCUT2D eigenvalue weighted by atomic mass is 32.2. The summed E-state index contributed by atoms with van der Waals surface area (Å²) in [7, 11) is -4.29. The van der Waals surface area contributed by atoms with Gasteiger partial charge in [0, 0.05) is 6.42 Å². The van der Waals surface area contributed by atoms with E-state index in [4.69, 9.17) is 4.55 Å². The van der Waals surface area contributed by atoms with Gasteiger partial charge < -0.3 is 10.2 Å². The minimum atomic E-state index is -4.29. The molecular formula is C26H51N2O6S+. The van der Waals surface area contributed by atoms with Crippen LogP contribution in [0, 0.1) is 0 Å². The maximum Gasteiger partial charge on any atom is 0.316 e. The van der Waals surface area contributed by atoms with Gasteiger partial charge in [-0.1, -0.05) is 96.8 Å². The predicted molar refractivity (Wildman–Crippen MR) is 141 cm³/mol. The van der Waals surface area contributed by atoms with Crippen LogP contribution >= 0.6 is 0 Å². The molecule has 1 aliphatic heterocycles. The number of carbonyl (C=O) groups excluding carboxylic acids is 1. The lowest BCUT2D eigenvalue weighted by molar-refractivity contribution is -0.525.